The predicted octanol–water partition coefficient (Wildman–Crippen LogP) is 1.31. The molecule has 21 heavy (non-hydrogen) atoms. The van der Waals surface area contributed by atoms with Crippen LogP contribution in [-0.2, 0) is 23.0 Å². The fourth-order valence-corrected chi connectivity index (χ4v) is 3.05. The molecule has 114 valence electrons. The smallest absolute Gasteiger partial charge is 0.259 e. The molecule has 0 saturated carbocycles. The zero-order valence-electron chi connectivity index (χ0n) is 12.2. The average Bonchev–Trinajstić information content (AvgIpc) is 2.83. The molecule has 0 saturated heterocycles. The number of nitrogens with two attached hydrogens (primary N) is 1. The Hall–Kier alpha value is -1.86. The van der Waals surface area contributed by atoms with Crippen LogP contribution in [-0.4, -0.2) is 24.5 Å². The van der Waals surface area contributed by atoms with Gasteiger partial charge in [0.05, 0.1) is 0 Å². The highest BCUT2D eigenvalue weighted by atomic mass is 32.2. The van der Waals surface area contributed by atoms with Gasteiger partial charge in [0, 0.05) is 25.0 Å². The molecule has 1 aromatic heterocycles. The Morgan fingerprint density at radius 1 is 1.29 bits per heavy atom. The highest BCUT2D eigenvalue weighted by molar-refractivity contribution is 7.89. The second kappa shape index (κ2) is 6.28. The summed E-state index contributed by atoms with van der Waals surface area (Å²) in [7, 11) is -3.56. The number of hydrogen-bond donors (Lipinski definition) is 2. The number of imidazole rings is 1. The number of nitrogens with zero attached hydrogens (tertiary/aromatic N) is 2. The first kappa shape index (κ1) is 15.5. The molecular formula is C14H20N4O2S. The highest BCUT2D eigenvalue weighted by Crippen LogP contribution is 2.10. The van der Waals surface area contributed by atoms with Crippen molar-refractivity contribution in [3.63, 3.8) is 0 Å². The molecule has 1 aromatic carbocycles. The van der Waals surface area contributed by atoms with Crippen LogP contribution in [0.1, 0.15) is 18.3 Å². The molecule has 0 amide bonds. The molecule has 0 aliphatic rings. The molecular weight excluding hydrogens is 288 g/mol. The molecule has 0 aliphatic carbocycles. The third-order valence-electron chi connectivity index (χ3n) is 3.26. The van der Waals surface area contributed by atoms with Crippen LogP contribution in [0.3, 0.4) is 0 Å². The minimum atomic E-state index is -3.56. The summed E-state index contributed by atoms with van der Waals surface area (Å²) >= 11 is 0. The molecule has 0 unspecified atom stereocenters. The summed E-state index contributed by atoms with van der Waals surface area (Å²) < 4.78 is 28.7. The number of nitrogens with one attached hydrogen (secondary N) is 1. The molecule has 0 radical (unpaired) electrons. The molecule has 7 heteroatoms. The van der Waals surface area contributed by atoms with Crippen molar-refractivity contribution in [3.8, 4) is 0 Å². The van der Waals surface area contributed by atoms with Gasteiger partial charge in [-0.3, -0.25) is 0 Å². The topological polar surface area (TPSA) is 90.0 Å². The van der Waals surface area contributed by atoms with E-state index in [1.54, 1.807) is 29.8 Å². The minimum absolute atomic E-state index is 0.0687. The third kappa shape index (κ3) is 3.83. The SMILES string of the molecule is CCn1cc(S(=O)(=O)NCCc2ccc(N)cc2)nc1C. The molecule has 0 aliphatic heterocycles. The Morgan fingerprint density at radius 3 is 2.52 bits per heavy atom. The van der Waals surface area contributed by atoms with Gasteiger partial charge in [0.1, 0.15) is 5.82 Å². The third-order valence-corrected chi connectivity index (χ3v) is 4.59. The number of benzene rings is 1. The predicted molar refractivity (Wildman–Crippen MR) is 82.4 cm³/mol. The van der Waals surface area contributed by atoms with Crippen molar-refractivity contribution in [2.75, 3.05) is 12.3 Å². The van der Waals surface area contributed by atoms with Crippen LogP contribution in [0, 0.1) is 6.92 Å². The van der Waals surface area contributed by atoms with E-state index < -0.39 is 10.0 Å². The van der Waals surface area contributed by atoms with Gasteiger partial charge in [0.15, 0.2) is 5.03 Å². The number of aromatic nitrogens is 2. The summed E-state index contributed by atoms with van der Waals surface area (Å²) in [5.74, 6) is 0.691. The fraction of sp³-hybridized carbons (Fsp3) is 0.357. The van der Waals surface area contributed by atoms with E-state index in [0.29, 0.717) is 31.0 Å². The van der Waals surface area contributed by atoms with E-state index >= 15 is 0 Å². The Morgan fingerprint density at radius 2 is 1.95 bits per heavy atom. The number of hydrogen-bond acceptors (Lipinski definition) is 4. The second-order valence-corrected chi connectivity index (χ2v) is 6.52. The van der Waals surface area contributed by atoms with Gasteiger partial charge < -0.3 is 10.3 Å². The van der Waals surface area contributed by atoms with E-state index in [1.807, 2.05) is 19.1 Å². The van der Waals surface area contributed by atoms with Crippen molar-refractivity contribution in [2.45, 2.75) is 31.8 Å². The average molecular weight is 308 g/mol. The van der Waals surface area contributed by atoms with Crippen LogP contribution < -0.4 is 10.5 Å². The Balaban J connectivity index is 1.99. The van der Waals surface area contributed by atoms with Crippen molar-refractivity contribution >= 4 is 15.7 Å². The van der Waals surface area contributed by atoms with E-state index in [-0.39, 0.29) is 5.03 Å². The summed E-state index contributed by atoms with van der Waals surface area (Å²) in [6.07, 6.45) is 2.16. The maximum absolute atomic E-state index is 12.2. The van der Waals surface area contributed by atoms with Crippen LogP contribution in [0.2, 0.25) is 0 Å². The lowest BCUT2D eigenvalue weighted by atomic mass is 10.1. The first-order chi connectivity index (χ1) is 9.92. The number of anilines is 1. The largest absolute Gasteiger partial charge is 0.399 e. The van der Waals surface area contributed by atoms with Gasteiger partial charge in [-0.2, -0.15) is 0 Å². The zero-order chi connectivity index (χ0) is 15.5. The van der Waals surface area contributed by atoms with Gasteiger partial charge in [-0.15, -0.1) is 0 Å². The standard InChI is InChI=1S/C14H20N4O2S/c1-3-18-10-14(17-11(18)2)21(19,20)16-9-8-12-4-6-13(15)7-5-12/h4-7,10,16H,3,8-9,15H2,1-2H3. The number of nitrogen functional groups attached to an aromatic ring is 1. The van der Waals surface area contributed by atoms with E-state index in [0.717, 1.165) is 5.56 Å². The molecule has 0 bridgehead atoms. The molecule has 2 aromatic rings. The van der Waals surface area contributed by atoms with Crippen LogP contribution in [0.25, 0.3) is 0 Å². The first-order valence-electron chi connectivity index (χ1n) is 6.80. The van der Waals surface area contributed by atoms with Crippen LogP contribution >= 0.6 is 0 Å². The Kier molecular flexibility index (Phi) is 4.64. The van der Waals surface area contributed by atoms with Crippen LogP contribution in [0.4, 0.5) is 5.69 Å². The summed E-state index contributed by atoms with van der Waals surface area (Å²) in [4.78, 5) is 4.09. The van der Waals surface area contributed by atoms with Crippen molar-refractivity contribution in [3.05, 3.63) is 41.9 Å². The van der Waals surface area contributed by atoms with Crippen molar-refractivity contribution < 1.29 is 8.42 Å². The van der Waals surface area contributed by atoms with Gasteiger partial charge in [-0.1, -0.05) is 12.1 Å². The highest BCUT2D eigenvalue weighted by Gasteiger charge is 2.18. The lowest BCUT2D eigenvalue weighted by molar-refractivity contribution is 0.578. The molecule has 1 heterocycles. The van der Waals surface area contributed by atoms with E-state index in [2.05, 4.69) is 9.71 Å². The molecule has 0 spiro atoms. The summed E-state index contributed by atoms with van der Waals surface area (Å²) in [5.41, 5.74) is 7.33. The monoisotopic (exact) mass is 308 g/mol. The van der Waals surface area contributed by atoms with Gasteiger partial charge in [-0.05, 0) is 38.0 Å². The van der Waals surface area contributed by atoms with E-state index in [4.69, 9.17) is 5.73 Å². The Bertz CT molecular complexity index is 705. The van der Waals surface area contributed by atoms with Crippen molar-refractivity contribution in [1.29, 1.82) is 0 Å². The number of rotatable bonds is 6. The van der Waals surface area contributed by atoms with E-state index in [9.17, 15) is 8.42 Å². The quantitative estimate of drug-likeness (QED) is 0.787. The Labute approximate surface area is 125 Å². The van der Waals surface area contributed by atoms with Crippen molar-refractivity contribution in [1.82, 2.24) is 14.3 Å². The maximum atomic E-state index is 12.2. The summed E-state index contributed by atoms with van der Waals surface area (Å²) in [6, 6.07) is 7.38. The van der Waals surface area contributed by atoms with Gasteiger partial charge in [0.25, 0.3) is 10.0 Å². The number of sulfonamides is 1. The van der Waals surface area contributed by atoms with E-state index in [1.165, 1.54) is 0 Å². The zero-order valence-corrected chi connectivity index (χ0v) is 13.0. The first-order valence-corrected chi connectivity index (χ1v) is 8.28. The van der Waals surface area contributed by atoms with Gasteiger partial charge in [-0.25, -0.2) is 18.1 Å². The van der Waals surface area contributed by atoms with Crippen LogP contribution in [0.5, 0.6) is 0 Å². The lowest BCUT2D eigenvalue weighted by Gasteiger charge is -2.05. The molecule has 0 atom stereocenters. The van der Waals surface area contributed by atoms with Gasteiger partial charge in [0.2, 0.25) is 0 Å². The van der Waals surface area contributed by atoms with Gasteiger partial charge >= 0.3 is 0 Å². The molecule has 2 rings (SSSR count). The minimum Gasteiger partial charge on any atom is -0.399 e. The fourth-order valence-electron chi connectivity index (χ4n) is 2.02. The normalized spacial score (nSPS) is 11.7. The molecule has 6 nitrogen and oxygen atoms in total. The molecule has 0 fully saturated rings. The summed E-state index contributed by atoms with van der Waals surface area (Å²) in [6.45, 7) is 4.75. The maximum Gasteiger partial charge on any atom is 0.259 e. The van der Waals surface area contributed by atoms with Crippen molar-refractivity contribution in [2.24, 2.45) is 0 Å². The lowest BCUT2D eigenvalue weighted by Crippen LogP contribution is -2.26. The molecule has 3 N–H and O–H groups in total. The second-order valence-electron chi connectivity index (χ2n) is 4.80. The summed E-state index contributed by atoms with van der Waals surface area (Å²) in [5, 5.41) is 0.0687. The number of aryl methyl sites for hydroxylation is 2. The van der Waals surface area contributed by atoms with Crippen LogP contribution in [0.15, 0.2) is 35.5 Å².